The molecule has 9 nitrogen and oxygen atoms in total. The molecule has 0 amide bonds. The van der Waals surface area contributed by atoms with Gasteiger partial charge in [-0.2, -0.15) is 0 Å². The molecule has 0 saturated heterocycles. The zero-order chi connectivity index (χ0) is 18.6. The standard InChI is InChI=1S/C16H24N4O5/c1-11(2)9-24-7-5-12(21)25-8-6-20-10-17-14-13(20)15(22)19(4)16(23)18(14)3/h10-11H,5-9H2,1-4H3. The van der Waals surface area contributed by atoms with Gasteiger partial charge in [0, 0.05) is 20.7 Å². The summed E-state index contributed by atoms with van der Waals surface area (Å²) in [6, 6.07) is 0. The Morgan fingerprint density at radius 2 is 1.92 bits per heavy atom. The zero-order valence-electron chi connectivity index (χ0n) is 15.0. The van der Waals surface area contributed by atoms with Gasteiger partial charge in [0.2, 0.25) is 0 Å². The molecule has 0 spiro atoms. The number of aromatic nitrogens is 4. The summed E-state index contributed by atoms with van der Waals surface area (Å²) in [6.45, 7) is 5.40. The van der Waals surface area contributed by atoms with Gasteiger partial charge in [0.05, 0.1) is 25.9 Å². The van der Waals surface area contributed by atoms with E-state index in [1.54, 1.807) is 11.6 Å². The molecule has 0 aliphatic heterocycles. The van der Waals surface area contributed by atoms with Crippen molar-refractivity contribution in [3.63, 3.8) is 0 Å². The fourth-order valence-electron chi connectivity index (χ4n) is 2.37. The molecule has 0 unspecified atom stereocenters. The molecule has 0 atom stereocenters. The third-order valence-corrected chi connectivity index (χ3v) is 3.71. The highest BCUT2D eigenvalue weighted by molar-refractivity contribution is 5.70. The van der Waals surface area contributed by atoms with Crippen LogP contribution in [0.3, 0.4) is 0 Å². The van der Waals surface area contributed by atoms with Crippen molar-refractivity contribution in [1.29, 1.82) is 0 Å². The first kappa shape index (κ1) is 18.9. The number of esters is 1. The van der Waals surface area contributed by atoms with Gasteiger partial charge in [-0.15, -0.1) is 0 Å². The van der Waals surface area contributed by atoms with Crippen LogP contribution < -0.4 is 11.2 Å². The summed E-state index contributed by atoms with van der Waals surface area (Å²) in [6.07, 6.45) is 1.65. The minimum atomic E-state index is -0.435. The third-order valence-electron chi connectivity index (χ3n) is 3.71. The van der Waals surface area contributed by atoms with Gasteiger partial charge >= 0.3 is 11.7 Å². The molecule has 138 valence electrons. The van der Waals surface area contributed by atoms with Crippen LogP contribution in [-0.4, -0.2) is 44.5 Å². The molecule has 9 heteroatoms. The van der Waals surface area contributed by atoms with E-state index in [0.717, 1.165) is 4.57 Å². The SMILES string of the molecule is CC(C)COCCC(=O)OCCn1cnc2c1c(=O)n(C)c(=O)n2C. The Kier molecular flexibility index (Phi) is 6.13. The van der Waals surface area contributed by atoms with Crippen molar-refractivity contribution in [2.75, 3.05) is 19.8 Å². The minimum absolute atomic E-state index is 0.112. The lowest BCUT2D eigenvalue weighted by atomic mass is 10.2. The second-order valence-corrected chi connectivity index (χ2v) is 6.26. The Morgan fingerprint density at radius 3 is 2.60 bits per heavy atom. The van der Waals surface area contributed by atoms with E-state index < -0.39 is 11.2 Å². The van der Waals surface area contributed by atoms with Gasteiger partial charge in [-0.3, -0.25) is 18.7 Å². The fraction of sp³-hybridized carbons (Fsp3) is 0.625. The molecule has 0 fully saturated rings. The second kappa shape index (κ2) is 8.11. The highest BCUT2D eigenvalue weighted by atomic mass is 16.5. The van der Waals surface area contributed by atoms with Crippen molar-refractivity contribution in [3.05, 3.63) is 27.2 Å². The van der Waals surface area contributed by atoms with Crippen molar-refractivity contribution in [3.8, 4) is 0 Å². The van der Waals surface area contributed by atoms with E-state index in [9.17, 15) is 14.4 Å². The molecule has 2 heterocycles. The Hall–Kier alpha value is -2.42. The first-order valence-corrected chi connectivity index (χ1v) is 8.17. The molecule has 0 aliphatic rings. The number of hydrogen-bond acceptors (Lipinski definition) is 6. The average Bonchev–Trinajstić information content (AvgIpc) is 2.99. The normalized spacial score (nSPS) is 11.4. The summed E-state index contributed by atoms with van der Waals surface area (Å²) in [4.78, 5) is 39.9. The predicted molar refractivity (Wildman–Crippen MR) is 91.4 cm³/mol. The van der Waals surface area contributed by atoms with Crippen LogP contribution in [0.1, 0.15) is 20.3 Å². The van der Waals surface area contributed by atoms with E-state index in [1.807, 2.05) is 13.8 Å². The summed E-state index contributed by atoms with van der Waals surface area (Å²) in [5, 5.41) is 0. The molecule has 0 N–H and O–H groups in total. The Morgan fingerprint density at radius 1 is 1.20 bits per heavy atom. The number of rotatable bonds is 8. The van der Waals surface area contributed by atoms with Crippen LogP contribution in [0.4, 0.5) is 0 Å². The van der Waals surface area contributed by atoms with Gasteiger partial charge in [0.15, 0.2) is 11.2 Å². The van der Waals surface area contributed by atoms with Crippen molar-refractivity contribution >= 4 is 17.1 Å². The quantitative estimate of drug-likeness (QED) is 0.491. The van der Waals surface area contributed by atoms with Crippen LogP contribution in [0, 0.1) is 5.92 Å². The number of ether oxygens (including phenoxy) is 2. The number of hydrogen-bond donors (Lipinski definition) is 0. The van der Waals surface area contributed by atoms with E-state index in [-0.39, 0.29) is 25.5 Å². The van der Waals surface area contributed by atoms with E-state index in [0.29, 0.717) is 30.3 Å². The molecule has 2 aromatic rings. The number of fused-ring (bicyclic) bond motifs is 1. The topological polar surface area (TPSA) is 97.3 Å². The minimum Gasteiger partial charge on any atom is -0.464 e. The van der Waals surface area contributed by atoms with E-state index >= 15 is 0 Å². The first-order valence-electron chi connectivity index (χ1n) is 8.17. The van der Waals surface area contributed by atoms with Gasteiger partial charge in [0.1, 0.15) is 6.61 Å². The van der Waals surface area contributed by atoms with E-state index in [1.165, 1.54) is 17.9 Å². The summed E-state index contributed by atoms with van der Waals surface area (Å²) >= 11 is 0. The van der Waals surface area contributed by atoms with Crippen LogP contribution in [0.25, 0.3) is 11.2 Å². The molecule has 0 saturated carbocycles. The lowest BCUT2D eigenvalue weighted by Crippen LogP contribution is -2.37. The first-order chi connectivity index (χ1) is 11.8. The van der Waals surface area contributed by atoms with Crippen LogP contribution in [0.15, 0.2) is 15.9 Å². The molecule has 0 bridgehead atoms. The van der Waals surface area contributed by atoms with Crippen molar-refractivity contribution in [2.45, 2.75) is 26.8 Å². The Labute approximate surface area is 144 Å². The molecular formula is C16H24N4O5. The number of carbonyl (C=O) groups excluding carboxylic acids is 1. The van der Waals surface area contributed by atoms with Gasteiger partial charge in [-0.1, -0.05) is 13.8 Å². The van der Waals surface area contributed by atoms with Gasteiger partial charge in [-0.25, -0.2) is 9.78 Å². The number of nitrogens with zero attached hydrogens (tertiary/aromatic N) is 4. The Balaban J connectivity index is 1.95. The highest BCUT2D eigenvalue weighted by Gasteiger charge is 2.14. The molecule has 0 aromatic carbocycles. The third kappa shape index (κ3) is 4.36. The Bertz CT molecular complexity index is 862. The number of aryl methyl sites for hydroxylation is 1. The maximum absolute atomic E-state index is 12.3. The molecule has 0 radical (unpaired) electrons. The number of carbonyl (C=O) groups is 1. The van der Waals surface area contributed by atoms with Gasteiger partial charge in [-0.05, 0) is 5.92 Å². The lowest BCUT2D eigenvalue weighted by Gasteiger charge is -2.09. The highest BCUT2D eigenvalue weighted by Crippen LogP contribution is 2.05. The molecule has 0 aliphatic carbocycles. The average molecular weight is 352 g/mol. The van der Waals surface area contributed by atoms with Crippen molar-refractivity contribution in [2.24, 2.45) is 20.0 Å². The summed E-state index contributed by atoms with van der Waals surface area (Å²) in [5.74, 6) is 0.0672. The number of imidazole rings is 1. The largest absolute Gasteiger partial charge is 0.464 e. The van der Waals surface area contributed by atoms with Crippen LogP contribution >= 0.6 is 0 Å². The maximum atomic E-state index is 12.3. The molecule has 25 heavy (non-hydrogen) atoms. The molecular weight excluding hydrogens is 328 g/mol. The molecule has 2 rings (SSSR count). The van der Waals surface area contributed by atoms with Crippen LogP contribution in [0.5, 0.6) is 0 Å². The van der Waals surface area contributed by atoms with Crippen LogP contribution in [0.2, 0.25) is 0 Å². The molecule has 2 aromatic heterocycles. The summed E-state index contributed by atoms with van der Waals surface area (Å²) in [5.41, 5.74) is -0.248. The fourth-order valence-corrected chi connectivity index (χ4v) is 2.37. The second-order valence-electron chi connectivity index (χ2n) is 6.26. The smallest absolute Gasteiger partial charge is 0.332 e. The maximum Gasteiger partial charge on any atom is 0.332 e. The van der Waals surface area contributed by atoms with Crippen molar-refractivity contribution < 1.29 is 14.3 Å². The predicted octanol–water partition coefficient (Wildman–Crippen LogP) is 0.0396. The monoisotopic (exact) mass is 352 g/mol. The summed E-state index contributed by atoms with van der Waals surface area (Å²) in [7, 11) is 2.97. The van der Waals surface area contributed by atoms with Crippen molar-refractivity contribution in [1.82, 2.24) is 18.7 Å². The van der Waals surface area contributed by atoms with Gasteiger partial charge < -0.3 is 14.0 Å². The van der Waals surface area contributed by atoms with E-state index in [4.69, 9.17) is 9.47 Å². The van der Waals surface area contributed by atoms with Crippen LogP contribution in [-0.2, 0) is 34.9 Å². The van der Waals surface area contributed by atoms with E-state index in [2.05, 4.69) is 4.98 Å². The zero-order valence-corrected chi connectivity index (χ0v) is 15.0. The van der Waals surface area contributed by atoms with Gasteiger partial charge in [0.25, 0.3) is 5.56 Å². The lowest BCUT2D eigenvalue weighted by molar-refractivity contribution is -0.145. The summed E-state index contributed by atoms with van der Waals surface area (Å²) < 4.78 is 14.4.